The van der Waals surface area contributed by atoms with Crippen LogP contribution in [0, 0.1) is 10.1 Å². The van der Waals surface area contributed by atoms with Crippen molar-refractivity contribution >= 4 is 17.3 Å². The van der Waals surface area contributed by atoms with Gasteiger partial charge in [-0.3, -0.25) is 19.7 Å². The number of hydroxylamine groups is 2. The number of hydrogen-bond donors (Lipinski definition) is 1. The van der Waals surface area contributed by atoms with Crippen LogP contribution in [0.4, 0.5) is 11.4 Å². The Kier molecular flexibility index (Phi) is 4.61. The number of amides is 1. The molecule has 0 fully saturated rings. The molecule has 0 aromatic heterocycles. The Labute approximate surface area is 104 Å². The van der Waals surface area contributed by atoms with E-state index in [1.807, 2.05) is 0 Å². The second-order valence-corrected chi connectivity index (χ2v) is 3.66. The van der Waals surface area contributed by atoms with Gasteiger partial charge in [-0.2, -0.15) is 0 Å². The van der Waals surface area contributed by atoms with Crippen molar-refractivity contribution in [1.29, 1.82) is 0 Å². The summed E-state index contributed by atoms with van der Waals surface area (Å²) in [7, 11) is 2.84. The Bertz CT molecular complexity index is 450. The van der Waals surface area contributed by atoms with Crippen LogP contribution in [0.1, 0.15) is 6.92 Å². The predicted molar refractivity (Wildman–Crippen MR) is 66.0 cm³/mol. The summed E-state index contributed by atoms with van der Waals surface area (Å²) in [6, 6.07) is 5.52. The van der Waals surface area contributed by atoms with Crippen LogP contribution < -0.4 is 5.32 Å². The molecule has 7 nitrogen and oxygen atoms in total. The van der Waals surface area contributed by atoms with Gasteiger partial charge in [0.15, 0.2) is 0 Å². The van der Waals surface area contributed by atoms with Crippen molar-refractivity contribution in [2.45, 2.75) is 13.0 Å². The third-order valence-electron chi connectivity index (χ3n) is 2.43. The summed E-state index contributed by atoms with van der Waals surface area (Å²) in [5.41, 5.74) is 0.227. The number of para-hydroxylation sites is 2. The third kappa shape index (κ3) is 3.17. The number of carbonyl (C=O) groups is 1. The number of rotatable bonds is 5. The normalized spacial score (nSPS) is 11.7. The minimum Gasteiger partial charge on any atom is -0.368 e. The quantitative estimate of drug-likeness (QED) is 0.633. The lowest BCUT2D eigenvalue weighted by Crippen LogP contribution is -2.38. The lowest BCUT2D eigenvalue weighted by Gasteiger charge is -2.20. The molecule has 1 atom stereocenters. The average molecular weight is 253 g/mol. The molecule has 0 aliphatic carbocycles. The number of carbonyl (C=O) groups excluding carboxylic acids is 1. The van der Waals surface area contributed by atoms with Gasteiger partial charge in [-0.15, -0.1) is 0 Å². The molecule has 1 aromatic carbocycles. The Balaban J connectivity index is 2.85. The number of likely N-dealkylation sites (N-methyl/N-ethyl adjacent to an activating group) is 1. The molecule has 0 radical (unpaired) electrons. The monoisotopic (exact) mass is 253 g/mol. The van der Waals surface area contributed by atoms with E-state index in [1.165, 1.54) is 20.2 Å². The second kappa shape index (κ2) is 5.97. The number of anilines is 1. The molecule has 1 amide bonds. The van der Waals surface area contributed by atoms with Gasteiger partial charge in [0.1, 0.15) is 11.7 Å². The van der Waals surface area contributed by atoms with Crippen LogP contribution >= 0.6 is 0 Å². The van der Waals surface area contributed by atoms with E-state index in [0.29, 0.717) is 5.69 Å². The first-order valence-corrected chi connectivity index (χ1v) is 5.29. The summed E-state index contributed by atoms with van der Waals surface area (Å²) in [5.74, 6) is -0.323. The van der Waals surface area contributed by atoms with Crippen molar-refractivity contribution in [2.24, 2.45) is 0 Å². The highest BCUT2D eigenvalue weighted by Crippen LogP contribution is 2.23. The zero-order chi connectivity index (χ0) is 13.7. The van der Waals surface area contributed by atoms with E-state index >= 15 is 0 Å². The van der Waals surface area contributed by atoms with E-state index in [2.05, 4.69) is 5.32 Å². The molecule has 0 aliphatic heterocycles. The first kappa shape index (κ1) is 13.9. The van der Waals surface area contributed by atoms with Gasteiger partial charge < -0.3 is 5.32 Å². The average Bonchev–Trinajstić information content (AvgIpc) is 2.37. The fraction of sp³-hybridized carbons (Fsp3) is 0.364. The van der Waals surface area contributed by atoms with Gasteiger partial charge in [0, 0.05) is 13.1 Å². The Morgan fingerprint density at radius 3 is 2.67 bits per heavy atom. The van der Waals surface area contributed by atoms with Crippen molar-refractivity contribution in [2.75, 3.05) is 19.5 Å². The summed E-state index contributed by atoms with van der Waals surface area (Å²) < 4.78 is 0. The molecule has 98 valence electrons. The van der Waals surface area contributed by atoms with Crippen molar-refractivity contribution in [3.05, 3.63) is 34.4 Å². The maximum atomic E-state index is 11.7. The van der Waals surface area contributed by atoms with Crippen molar-refractivity contribution in [3.8, 4) is 0 Å². The van der Waals surface area contributed by atoms with Gasteiger partial charge in [0.2, 0.25) is 0 Å². The predicted octanol–water partition coefficient (Wildman–Crippen LogP) is 1.41. The zero-order valence-electron chi connectivity index (χ0n) is 10.4. The van der Waals surface area contributed by atoms with Gasteiger partial charge in [-0.25, -0.2) is 5.06 Å². The maximum Gasteiger partial charge on any atom is 0.292 e. The fourth-order valence-corrected chi connectivity index (χ4v) is 1.41. The van der Waals surface area contributed by atoms with Crippen LogP contribution in [-0.2, 0) is 9.63 Å². The SMILES string of the molecule is CON(C)C(=O)[C@@H](C)Nc1ccccc1[N+](=O)[O-]. The molecule has 0 heterocycles. The molecule has 0 unspecified atom stereocenters. The van der Waals surface area contributed by atoms with Crippen molar-refractivity contribution in [3.63, 3.8) is 0 Å². The summed E-state index contributed by atoms with van der Waals surface area (Å²) in [6.07, 6.45) is 0. The highest BCUT2D eigenvalue weighted by Gasteiger charge is 2.20. The fourth-order valence-electron chi connectivity index (χ4n) is 1.41. The molecule has 7 heteroatoms. The molecule has 0 aliphatic rings. The molecule has 0 saturated carbocycles. The van der Waals surface area contributed by atoms with E-state index in [-0.39, 0.29) is 11.6 Å². The van der Waals surface area contributed by atoms with E-state index in [1.54, 1.807) is 25.1 Å². The van der Waals surface area contributed by atoms with E-state index in [9.17, 15) is 14.9 Å². The number of nitrogens with zero attached hydrogens (tertiary/aromatic N) is 2. The molecule has 1 aromatic rings. The number of benzene rings is 1. The minimum atomic E-state index is -0.629. The minimum absolute atomic E-state index is 0.0720. The molecule has 1 rings (SSSR count). The number of nitrogens with one attached hydrogen (secondary N) is 1. The van der Waals surface area contributed by atoms with Crippen LogP contribution in [0.2, 0.25) is 0 Å². The summed E-state index contributed by atoms with van der Waals surface area (Å²) in [6.45, 7) is 1.61. The maximum absolute atomic E-state index is 11.7. The largest absolute Gasteiger partial charge is 0.368 e. The topological polar surface area (TPSA) is 84.7 Å². The van der Waals surface area contributed by atoms with E-state index in [0.717, 1.165) is 5.06 Å². The number of hydrogen-bond acceptors (Lipinski definition) is 5. The molecule has 0 bridgehead atoms. The molecule has 1 N–H and O–H groups in total. The first-order chi connectivity index (χ1) is 8.47. The molecular weight excluding hydrogens is 238 g/mol. The standard InChI is InChI=1S/C11H15N3O4/c1-8(11(15)13(2)18-3)12-9-6-4-5-7-10(9)14(16)17/h4-8,12H,1-3H3/t8-/m1/s1. The van der Waals surface area contributed by atoms with E-state index in [4.69, 9.17) is 4.84 Å². The van der Waals surface area contributed by atoms with Crippen LogP contribution in [-0.4, -0.2) is 36.1 Å². The summed E-state index contributed by atoms with van der Waals surface area (Å²) in [4.78, 5) is 26.8. The number of nitro benzene ring substituents is 1. The van der Waals surface area contributed by atoms with Crippen LogP contribution in [0.25, 0.3) is 0 Å². The Hall–Kier alpha value is -2.15. The van der Waals surface area contributed by atoms with Crippen LogP contribution in [0.15, 0.2) is 24.3 Å². The molecular formula is C11H15N3O4. The lowest BCUT2D eigenvalue weighted by molar-refractivity contribution is -0.384. The molecule has 18 heavy (non-hydrogen) atoms. The lowest BCUT2D eigenvalue weighted by atomic mass is 10.2. The zero-order valence-corrected chi connectivity index (χ0v) is 10.4. The first-order valence-electron chi connectivity index (χ1n) is 5.29. The Morgan fingerprint density at radius 1 is 1.50 bits per heavy atom. The van der Waals surface area contributed by atoms with Gasteiger partial charge in [0.05, 0.1) is 12.0 Å². The number of nitro groups is 1. The smallest absolute Gasteiger partial charge is 0.292 e. The Morgan fingerprint density at radius 2 is 2.11 bits per heavy atom. The van der Waals surface area contributed by atoms with Gasteiger partial charge in [-0.05, 0) is 13.0 Å². The van der Waals surface area contributed by atoms with Crippen molar-refractivity contribution < 1.29 is 14.6 Å². The summed E-state index contributed by atoms with van der Waals surface area (Å²) >= 11 is 0. The molecule has 0 saturated heterocycles. The van der Waals surface area contributed by atoms with Gasteiger partial charge in [0.25, 0.3) is 11.6 Å². The van der Waals surface area contributed by atoms with Gasteiger partial charge in [-0.1, -0.05) is 12.1 Å². The highest BCUT2D eigenvalue weighted by molar-refractivity contribution is 5.84. The van der Waals surface area contributed by atoms with Crippen LogP contribution in [0.3, 0.4) is 0 Å². The van der Waals surface area contributed by atoms with Crippen molar-refractivity contribution in [1.82, 2.24) is 5.06 Å². The summed E-state index contributed by atoms with van der Waals surface area (Å²) in [5, 5.41) is 14.7. The van der Waals surface area contributed by atoms with E-state index < -0.39 is 11.0 Å². The van der Waals surface area contributed by atoms with Gasteiger partial charge >= 0.3 is 0 Å². The highest BCUT2D eigenvalue weighted by atomic mass is 16.7. The van der Waals surface area contributed by atoms with Crippen LogP contribution in [0.5, 0.6) is 0 Å². The molecule has 0 spiro atoms. The third-order valence-corrected chi connectivity index (χ3v) is 2.43. The second-order valence-electron chi connectivity index (χ2n) is 3.66.